The molecule has 104 valence electrons. The van der Waals surface area contributed by atoms with E-state index in [9.17, 15) is 13.6 Å². The van der Waals surface area contributed by atoms with Crippen LogP contribution in [-0.2, 0) is 9.53 Å². The molecule has 0 aromatic carbocycles. The lowest BCUT2D eigenvalue weighted by molar-refractivity contribution is -0.152. The highest BCUT2D eigenvalue weighted by molar-refractivity contribution is 5.82. The normalized spacial score (nSPS) is 33.4. The molecule has 2 rings (SSSR count). The number of halogens is 2. The Morgan fingerprint density at radius 1 is 1.39 bits per heavy atom. The van der Waals surface area contributed by atoms with Gasteiger partial charge in [-0.2, -0.15) is 0 Å². The molecule has 2 fully saturated rings. The zero-order valence-electron chi connectivity index (χ0n) is 10.9. The van der Waals surface area contributed by atoms with E-state index >= 15 is 0 Å². The average Bonchev–Trinajstić information content (AvgIpc) is 2.31. The first kappa shape index (κ1) is 13.7. The van der Waals surface area contributed by atoms with Crippen LogP contribution in [0.4, 0.5) is 8.78 Å². The molecule has 0 spiro atoms. The number of carbonyl (C=O) groups excluding carboxylic acids is 1. The molecule has 0 aromatic heterocycles. The average molecular weight is 262 g/mol. The molecule has 1 amide bonds. The standard InChI is InChI=1S/C12H20F2N2O2/c1-9-8-16(5-6-18-9)11(17)10-7-12(13,14)3-4-15(10)2/h9-10H,3-8H2,1-2H3. The maximum atomic E-state index is 13.4. The van der Waals surface area contributed by atoms with Crippen LogP contribution in [0, 0.1) is 0 Å². The van der Waals surface area contributed by atoms with Crippen LogP contribution in [0.15, 0.2) is 0 Å². The first-order valence-corrected chi connectivity index (χ1v) is 6.37. The summed E-state index contributed by atoms with van der Waals surface area (Å²) >= 11 is 0. The van der Waals surface area contributed by atoms with Gasteiger partial charge in [0.1, 0.15) is 0 Å². The Morgan fingerprint density at radius 3 is 2.78 bits per heavy atom. The van der Waals surface area contributed by atoms with Gasteiger partial charge in [-0.15, -0.1) is 0 Å². The highest BCUT2D eigenvalue weighted by Gasteiger charge is 2.43. The first-order valence-electron chi connectivity index (χ1n) is 6.37. The number of morpholine rings is 1. The Kier molecular flexibility index (Phi) is 3.87. The van der Waals surface area contributed by atoms with Gasteiger partial charge >= 0.3 is 0 Å². The van der Waals surface area contributed by atoms with Crippen molar-refractivity contribution in [2.45, 2.75) is 37.8 Å². The van der Waals surface area contributed by atoms with Gasteiger partial charge < -0.3 is 9.64 Å². The van der Waals surface area contributed by atoms with Crippen LogP contribution in [0.2, 0.25) is 0 Å². The zero-order valence-corrected chi connectivity index (χ0v) is 10.9. The molecule has 0 radical (unpaired) electrons. The maximum Gasteiger partial charge on any atom is 0.251 e. The molecule has 0 aromatic rings. The number of piperidine rings is 1. The van der Waals surface area contributed by atoms with Crippen LogP contribution in [0.1, 0.15) is 19.8 Å². The Hall–Kier alpha value is -0.750. The van der Waals surface area contributed by atoms with Gasteiger partial charge in [0.15, 0.2) is 0 Å². The van der Waals surface area contributed by atoms with Crippen LogP contribution in [0.3, 0.4) is 0 Å². The summed E-state index contributed by atoms with van der Waals surface area (Å²) in [6.07, 6.45) is -0.543. The summed E-state index contributed by atoms with van der Waals surface area (Å²) in [6.45, 7) is 3.63. The molecule has 2 unspecified atom stereocenters. The summed E-state index contributed by atoms with van der Waals surface area (Å²) in [5.41, 5.74) is 0. The smallest absolute Gasteiger partial charge is 0.251 e. The van der Waals surface area contributed by atoms with Crippen molar-refractivity contribution in [2.75, 3.05) is 33.3 Å². The SMILES string of the molecule is CC1CN(C(=O)C2CC(F)(F)CCN2C)CCO1. The lowest BCUT2D eigenvalue weighted by Crippen LogP contribution is -2.56. The molecule has 2 heterocycles. The second kappa shape index (κ2) is 5.09. The molecule has 2 saturated heterocycles. The Balaban J connectivity index is 2.02. The van der Waals surface area contributed by atoms with E-state index in [0.717, 1.165) is 0 Å². The van der Waals surface area contributed by atoms with Crippen molar-refractivity contribution in [3.05, 3.63) is 0 Å². The number of amides is 1. The van der Waals surface area contributed by atoms with Gasteiger partial charge in [-0.05, 0) is 14.0 Å². The molecule has 0 saturated carbocycles. The molecule has 18 heavy (non-hydrogen) atoms. The minimum Gasteiger partial charge on any atom is -0.375 e. The van der Waals surface area contributed by atoms with E-state index in [-0.39, 0.29) is 31.4 Å². The summed E-state index contributed by atoms with van der Waals surface area (Å²) in [5.74, 6) is -2.91. The number of alkyl halides is 2. The van der Waals surface area contributed by atoms with E-state index in [1.54, 1.807) is 16.8 Å². The number of likely N-dealkylation sites (N-methyl/N-ethyl adjacent to an activating group) is 1. The van der Waals surface area contributed by atoms with Crippen molar-refractivity contribution >= 4 is 5.91 Å². The van der Waals surface area contributed by atoms with E-state index in [1.165, 1.54) is 0 Å². The van der Waals surface area contributed by atoms with Crippen molar-refractivity contribution in [3.63, 3.8) is 0 Å². The minimum atomic E-state index is -2.72. The summed E-state index contributed by atoms with van der Waals surface area (Å²) in [5, 5.41) is 0. The maximum absolute atomic E-state index is 13.4. The van der Waals surface area contributed by atoms with Crippen LogP contribution >= 0.6 is 0 Å². The molecule has 6 heteroatoms. The van der Waals surface area contributed by atoms with Crippen molar-refractivity contribution in [1.29, 1.82) is 0 Å². The van der Waals surface area contributed by atoms with Gasteiger partial charge in [0, 0.05) is 32.5 Å². The fourth-order valence-corrected chi connectivity index (χ4v) is 2.54. The molecular weight excluding hydrogens is 242 g/mol. The highest BCUT2D eigenvalue weighted by Crippen LogP contribution is 2.32. The predicted molar refractivity (Wildman–Crippen MR) is 62.6 cm³/mol. The van der Waals surface area contributed by atoms with Crippen molar-refractivity contribution in [3.8, 4) is 0 Å². The van der Waals surface area contributed by atoms with Gasteiger partial charge in [-0.25, -0.2) is 8.78 Å². The van der Waals surface area contributed by atoms with Gasteiger partial charge in [-0.3, -0.25) is 9.69 Å². The lowest BCUT2D eigenvalue weighted by Gasteiger charge is -2.40. The van der Waals surface area contributed by atoms with Crippen molar-refractivity contribution in [2.24, 2.45) is 0 Å². The van der Waals surface area contributed by atoms with Crippen LogP contribution < -0.4 is 0 Å². The molecule has 0 N–H and O–H groups in total. The number of likely N-dealkylation sites (tertiary alicyclic amines) is 1. The topological polar surface area (TPSA) is 32.8 Å². The van der Waals surface area contributed by atoms with E-state index in [0.29, 0.717) is 19.7 Å². The number of nitrogens with zero attached hydrogens (tertiary/aromatic N) is 2. The number of carbonyl (C=O) groups is 1. The highest BCUT2D eigenvalue weighted by atomic mass is 19.3. The van der Waals surface area contributed by atoms with Crippen LogP contribution in [0.5, 0.6) is 0 Å². The fraction of sp³-hybridized carbons (Fsp3) is 0.917. The number of ether oxygens (including phenoxy) is 1. The number of hydrogen-bond donors (Lipinski definition) is 0. The number of rotatable bonds is 1. The van der Waals surface area contributed by atoms with E-state index in [2.05, 4.69) is 0 Å². The second-order valence-electron chi connectivity index (χ2n) is 5.27. The quantitative estimate of drug-likeness (QED) is 0.706. The van der Waals surface area contributed by atoms with Gasteiger partial charge in [-0.1, -0.05) is 0 Å². The van der Waals surface area contributed by atoms with E-state index in [1.807, 2.05) is 6.92 Å². The van der Waals surface area contributed by atoms with Crippen LogP contribution in [0.25, 0.3) is 0 Å². The first-order chi connectivity index (χ1) is 8.39. The summed E-state index contributed by atoms with van der Waals surface area (Å²) < 4.78 is 32.2. The fourth-order valence-electron chi connectivity index (χ4n) is 2.54. The molecule has 2 atom stereocenters. The third-order valence-electron chi connectivity index (χ3n) is 3.69. The predicted octanol–water partition coefficient (Wildman–Crippen LogP) is 0.963. The van der Waals surface area contributed by atoms with Crippen molar-refractivity contribution < 1.29 is 18.3 Å². The van der Waals surface area contributed by atoms with E-state index in [4.69, 9.17) is 4.74 Å². The molecule has 2 aliphatic rings. The van der Waals surface area contributed by atoms with Crippen molar-refractivity contribution in [1.82, 2.24) is 9.80 Å². The summed E-state index contributed by atoms with van der Waals surface area (Å²) in [6, 6.07) is -0.695. The third-order valence-corrected chi connectivity index (χ3v) is 3.69. The summed E-state index contributed by atoms with van der Waals surface area (Å²) in [4.78, 5) is 15.7. The molecule has 0 aliphatic carbocycles. The van der Waals surface area contributed by atoms with Crippen LogP contribution in [-0.4, -0.2) is 67.1 Å². The Bertz CT molecular complexity index is 325. The Labute approximate surface area is 106 Å². The summed E-state index contributed by atoms with van der Waals surface area (Å²) in [7, 11) is 1.74. The van der Waals surface area contributed by atoms with Gasteiger partial charge in [0.05, 0.1) is 18.8 Å². The second-order valence-corrected chi connectivity index (χ2v) is 5.27. The minimum absolute atomic E-state index is 0.0166. The monoisotopic (exact) mass is 262 g/mol. The van der Waals surface area contributed by atoms with Gasteiger partial charge in [0.2, 0.25) is 5.91 Å². The Morgan fingerprint density at radius 2 is 2.11 bits per heavy atom. The number of hydrogen-bond acceptors (Lipinski definition) is 3. The molecule has 2 aliphatic heterocycles. The molecule has 4 nitrogen and oxygen atoms in total. The lowest BCUT2D eigenvalue weighted by atomic mass is 9.97. The molecule has 0 bridgehead atoms. The third kappa shape index (κ3) is 2.98. The van der Waals surface area contributed by atoms with E-state index < -0.39 is 12.0 Å². The largest absolute Gasteiger partial charge is 0.375 e. The van der Waals surface area contributed by atoms with Gasteiger partial charge in [0.25, 0.3) is 5.92 Å². The zero-order chi connectivity index (χ0) is 13.3. The molecular formula is C12H20F2N2O2.